The summed E-state index contributed by atoms with van der Waals surface area (Å²) in [6, 6.07) is 4.64. The molecule has 0 atom stereocenters. The molecule has 0 amide bonds. The Hall–Kier alpha value is -1.31. The first kappa shape index (κ1) is 17.5. The standard InChI is InChI=1S/C17H24FN3O2S/c1-23-17-10-14(18)2-3-16(17)21-6-4-19(5-7-21)11-15(22)12-20-8-9-24-13-20/h2-3,10H,4-9,11-13H2,1H3. The van der Waals surface area contributed by atoms with E-state index >= 15 is 0 Å². The quantitative estimate of drug-likeness (QED) is 0.772. The van der Waals surface area contributed by atoms with E-state index in [1.807, 2.05) is 11.8 Å². The summed E-state index contributed by atoms with van der Waals surface area (Å²) in [5.41, 5.74) is 0.916. The minimum Gasteiger partial charge on any atom is -0.494 e. The maximum absolute atomic E-state index is 13.3. The average molecular weight is 353 g/mol. The van der Waals surface area contributed by atoms with Gasteiger partial charge >= 0.3 is 0 Å². The first-order valence-corrected chi connectivity index (χ1v) is 9.44. The lowest BCUT2D eigenvalue weighted by molar-refractivity contribution is -0.121. The number of hydrogen-bond donors (Lipinski definition) is 0. The molecule has 0 unspecified atom stereocenters. The van der Waals surface area contributed by atoms with Crippen molar-refractivity contribution < 1.29 is 13.9 Å². The summed E-state index contributed by atoms with van der Waals surface area (Å²) in [6.07, 6.45) is 0. The first-order valence-electron chi connectivity index (χ1n) is 8.28. The summed E-state index contributed by atoms with van der Waals surface area (Å²) in [6.45, 7) is 5.41. The summed E-state index contributed by atoms with van der Waals surface area (Å²) < 4.78 is 18.6. The van der Waals surface area contributed by atoms with Crippen LogP contribution >= 0.6 is 11.8 Å². The number of ether oxygens (including phenoxy) is 1. The molecule has 132 valence electrons. The molecule has 2 saturated heterocycles. The molecular formula is C17H24FN3O2S. The summed E-state index contributed by atoms with van der Waals surface area (Å²) in [5, 5.41) is 0. The lowest BCUT2D eigenvalue weighted by Crippen LogP contribution is -2.49. The fourth-order valence-electron chi connectivity index (χ4n) is 3.18. The van der Waals surface area contributed by atoms with Gasteiger partial charge in [0.15, 0.2) is 5.78 Å². The SMILES string of the molecule is COc1cc(F)ccc1N1CCN(CC(=O)CN2CCSC2)CC1. The van der Waals surface area contributed by atoms with E-state index in [2.05, 4.69) is 14.7 Å². The van der Waals surface area contributed by atoms with Crippen LogP contribution in [0, 0.1) is 5.82 Å². The molecule has 2 heterocycles. The molecule has 0 aromatic heterocycles. The zero-order chi connectivity index (χ0) is 16.9. The molecule has 1 aromatic rings. The summed E-state index contributed by atoms with van der Waals surface area (Å²) >= 11 is 1.89. The second-order valence-corrected chi connectivity index (χ2v) is 7.28. The van der Waals surface area contributed by atoms with E-state index in [1.165, 1.54) is 12.1 Å². The maximum Gasteiger partial charge on any atom is 0.160 e. The number of halogens is 1. The van der Waals surface area contributed by atoms with Crippen molar-refractivity contribution in [2.75, 3.05) is 69.5 Å². The van der Waals surface area contributed by atoms with Gasteiger partial charge in [0.2, 0.25) is 0 Å². The van der Waals surface area contributed by atoms with E-state index in [0.29, 0.717) is 24.6 Å². The lowest BCUT2D eigenvalue weighted by Gasteiger charge is -2.36. The van der Waals surface area contributed by atoms with Crippen LogP contribution < -0.4 is 9.64 Å². The highest BCUT2D eigenvalue weighted by Crippen LogP contribution is 2.29. The third-order valence-electron chi connectivity index (χ3n) is 4.48. The van der Waals surface area contributed by atoms with Gasteiger partial charge in [0.05, 0.1) is 25.9 Å². The molecule has 2 aliphatic rings. The third kappa shape index (κ3) is 4.40. The predicted octanol–water partition coefficient (Wildman–Crippen LogP) is 1.53. The molecule has 5 nitrogen and oxygen atoms in total. The number of hydrogen-bond acceptors (Lipinski definition) is 6. The summed E-state index contributed by atoms with van der Waals surface area (Å²) in [7, 11) is 1.56. The van der Waals surface area contributed by atoms with E-state index in [4.69, 9.17) is 4.74 Å². The van der Waals surface area contributed by atoms with E-state index < -0.39 is 0 Å². The molecule has 24 heavy (non-hydrogen) atoms. The Labute approximate surface area is 146 Å². The molecule has 7 heteroatoms. The second kappa shape index (κ2) is 8.18. The van der Waals surface area contributed by atoms with E-state index in [-0.39, 0.29) is 5.82 Å². The molecule has 0 bridgehead atoms. The monoisotopic (exact) mass is 353 g/mol. The number of carbonyl (C=O) groups excluding carboxylic acids is 1. The minimum absolute atomic E-state index is 0.292. The minimum atomic E-state index is -0.292. The van der Waals surface area contributed by atoms with Gasteiger partial charge < -0.3 is 9.64 Å². The van der Waals surface area contributed by atoms with Crippen molar-refractivity contribution >= 4 is 23.2 Å². The number of methoxy groups -OCH3 is 1. The average Bonchev–Trinajstić information content (AvgIpc) is 3.08. The Bertz CT molecular complexity index is 573. The fraction of sp³-hybridized carbons (Fsp3) is 0.588. The zero-order valence-electron chi connectivity index (χ0n) is 14.0. The van der Waals surface area contributed by atoms with Crippen molar-refractivity contribution in [2.24, 2.45) is 0 Å². The Balaban J connectivity index is 1.49. The van der Waals surface area contributed by atoms with Crippen LogP contribution in [0.25, 0.3) is 0 Å². The van der Waals surface area contributed by atoms with Crippen LogP contribution in [-0.4, -0.2) is 80.1 Å². The maximum atomic E-state index is 13.3. The smallest absolute Gasteiger partial charge is 0.160 e. The van der Waals surface area contributed by atoms with E-state index in [0.717, 1.165) is 50.0 Å². The number of rotatable bonds is 6. The number of thioether (sulfide) groups is 1. The van der Waals surface area contributed by atoms with Crippen LogP contribution in [0.4, 0.5) is 10.1 Å². The number of piperazine rings is 1. The van der Waals surface area contributed by atoms with Gasteiger partial charge in [-0.15, -0.1) is 11.8 Å². The number of anilines is 1. The Kier molecular flexibility index (Phi) is 5.97. The van der Waals surface area contributed by atoms with Gasteiger partial charge in [0.25, 0.3) is 0 Å². The van der Waals surface area contributed by atoms with Crippen LogP contribution in [0.5, 0.6) is 5.75 Å². The van der Waals surface area contributed by atoms with Crippen molar-refractivity contribution in [1.82, 2.24) is 9.80 Å². The van der Waals surface area contributed by atoms with Crippen molar-refractivity contribution in [3.05, 3.63) is 24.0 Å². The molecule has 3 rings (SSSR count). The third-order valence-corrected chi connectivity index (χ3v) is 5.50. The van der Waals surface area contributed by atoms with Gasteiger partial charge in [-0.05, 0) is 12.1 Å². The molecular weight excluding hydrogens is 329 g/mol. The molecule has 0 radical (unpaired) electrons. The second-order valence-electron chi connectivity index (χ2n) is 6.21. The van der Waals surface area contributed by atoms with Crippen LogP contribution in [-0.2, 0) is 4.79 Å². The van der Waals surface area contributed by atoms with Crippen LogP contribution in [0.15, 0.2) is 18.2 Å². The van der Waals surface area contributed by atoms with Crippen LogP contribution in [0.2, 0.25) is 0 Å². The highest BCUT2D eigenvalue weighted by Gasteiger charge is 2.23. The van der Waals surface area contributed by atoms with Gasteiger partial charge in [-0.2, -0.15) is 0 Å². The number of benzene rings is 1. The molecule has 0 N–H and O–H groups in total. The summed E-state index contributed by atoms with van der Waals surface area (Å²) in [5.74, 6) is 2.67. The van der Waals surface area contributed by atoms with Crippen molar-refractivity contribution in [3.8, 4) is 5.75 Å². The molecule has 1 aromatic carbocycles. The zero-order valence-corrected chi connectivity index (χ0v) is 14.9. The van der Waals surface area contributed by atoms with Gasteiger partial charge in [0, 0.05) is 50.4 Å². The fourth-order valence-corrected chi connectivity index (χ4v) is 4.18. The van der Waals surface area contributed by atoms with Crippen LogP contribution in [0.1, 0.15) is 0 Å². The summed E-state index contributed by atoms with van der Waals surface area (Å²) in [4.78, 5) is 18.8. The molecule has 2 aliphatic heterocycles. The van der Waals surface area contributed by atoms with Gasteiger partial charge in [0.1, 0.15) is 11.6 Å². The van der Waals surface area contributed by atoms with Gasteiger partial charge in [-0.25, -0.2) is 4.39 Å². The Morgan fingerprint density at radius 3 is 2.58 bits per heavy atom. The number of Topliss-reactive ketones (excluding diaryl/α,β-unsaturated/α-hetero) is 1. The number of ketones is 1. The first-order chi connectivity index (χ1) is 11.7. The highest BCUT2D eigenvalue weighted by atomic mass is 32.2. The van der Waals surface area contributed by atoms with E-state index in [1.54, 1.807) is 13.2 Å². The van der Waals surface area contributed by atoms with E-state index in [9.17, 15) is 9.18 Å². The highest BCUT2D eigenvalue weighted by molar-refractivity contribution is 7.99. The molecule has 0 aliphatic carbocycles. The largest absolute Gasteiger partial charge is 0.494 e. The normalized spacial score (nSPS) is 19.7. The van der Waals surface area contributed by atoms with Crippen LogP contribution in [0.3, 0.4) is 0 Å². The van der Waals surface area contributed by atoms with Gasteiger partial charge in [-0.1, -0.05) is 0 Å². The van der Waals surface area contributed by atoms with Crippen molar-refractivity contribution in [1.29, 1.82) is 0 Å². The number of carbonyl (C=O) groups is 1. The van der Waals surface area contributed by atoms with Gasteiger partial charge in [-0.3, -0.25) is 14.6 Å². The van der Waals surface area contributed by atoms with Crippen molar-refractivity contribution in [3.63, 3.8) is 0 Å². The molecule has 0 saturated carbocycles. The molecule has 2 fully saturated rings. The topological polar surface area (TPSA) is 36.0 Å². The molecule has 0 spiro atoms. The van der Waals surface area contributed by atoms with Crippen molar-refractivity contribution in [2.45, 2.75) is 0 Å². The lowest BCUT2D eigenvalue weighted by atomic mass is 10.2. The number of nitrogens with zero attached hydrogens (tertiary/aromatic N) is 3. The Morgan fingerprint density at radius 2 is 1.92 bits per heavy atom. The predicted molar refractivity (Wildman–Crippen MR) is 95.5 cm³/mol. The Morgan fingerprint density at radius 1 is 1.17 bits per heavy atom.